The Morgan fingerprint density at radius 1 is 1.33 bits per heavy atom. The van der Waals surface area contributed by atoms with E-state index in [4.69, 9.17) is 0 Å². The van der Waals surface area contributed by atoms with Gasteiger partial charge in [0.05, 0.1) is 6.54 Å². The Labute approximate surface area is 104 Å². The van der Waals surface area contributed by atoms with Crippen molar-refractivity contribution in [3.8, 4) is 0 Å². The lowest BCUT2D eigenvalue weighted by molar-refractivity contribution is 0.479. The van der Waals surface area contributed by atoms with E-state index >= 15 is 0 Å². The van der Waals surface area contributed by atoms with E-state index in [1.807, 2.05) is 38.0 Å². The number of rotatable bonds is 2. The van der Waals surface area contributed by atoms with Gasteiger partial charge in [-0.15, -0.1) is 11.3 Å². The first-order chi connectivity index (χ1) is 7.02. The van der Waals surface area contributed by atoms with Gasteiger partial charge in [-0.2, -0.15) is 0 Å². The van der Waals surface area contributed by atoms with Crippen molar-refractivity contribution in [3.05, 3.63) is 20.8 Å². The molecule has 1 aromatic rings. The van der Waals surface area contributed by atoms with E-state index in [1.54, 1.807) is 11.3 Å². The molecular formula is C10H16BrN3S. The maximum Gasteiger partial charge on any atom is 0.195 e. The van der Waals surface area contributed by atoms with Gasteiger partial charge in [-0.3, -0.25) is 0 Å². The van der Waals surface area contributed by atoms with Gasteiger partial charge in [0.25, 0.3) is 0 Å². The Morgan fingerprint density at radius 3 is 2.33 bits per heavy atom. The van der Waals surface area contributed by atoms with E-state index in [9.17, 15) is 0 Å². The van der Waals surface area contributed by atoms with Gasteiger partial charge >= 0.3 is 0 Å². The fourth-order valence-electron chi connectivity index (χ4n) is 1.26. The van der Waals surface area contributed by atoms with Crippen molar-refractivity contribution in [2.45, 2.75) is 6.54 Å². The van der Waals surface area contributed by atoms with Crippen LogP contribution in [0.2, 0.25) is 0 Å². The van der Waals surface area contributed by atoms with Crippen LogP contribution in [0.1, 0.15) is 4.88 Å². The minimum atomic E-state index is 0.726. The van der Waals surface area contributed by atoms with Gasteiger partial charge in [-0.05, 0) is 27.4 Å². The van der Waals surface area contributed by atoms with Crippen molar-refractivity contribution in [1.82, 2.24) is 9.80 Å². The molecule has 1 rings (SSSR count). The summed E-state index contributed by atoms with van der Waals surface area (Å²) in [6.07, 6.45) is 0. The van der Waals surface area contributed by atoms with Crippen LogP contribution in [0.15, 0.2) is 20.9 Å². The second-order valence-electron chi connectivity index (χ2n) is 3.60. The fourth-order valence-corrected chi connectivity index (χ4v) is 2.66. The zero-order valence-electron chi connectivity index (χ0n) is 9.49. The summed E-state index contributed by atoms with van der Waals surface area (Å²) in [4.78, 5) is 9.87. The highest BCUT2D eigenvalue weighted by Gasteiger charge is 2.05. The lowest BCUT2D eigenvalue weighted by Crippen LogP contribution is -2.35. The van der Waals surface area contributed by atoms with Gasteiger partial charge in [0.15, 0.2) is 5.96 Å². The molecule has 5 heteroatoms. The number of aliphatic imine (C=N–C) groups is 1. The molecule has 0 saturated carbocycles. The minimum Gasteiger partial charge on any atom is -0.349 e. The first kappa shape index (κ1) is 12.5. The zero-order chi connectivity index (χ0) is 11.4. The van der Waals surface area contributed by atoms with Crippen LogP contribution < -0.4 is 0 Å². The summed E-state index contributed by atoms with van der Waals surface area (Å²) in [6.45, 7) is 0.726. The van der Waals surface area contributed by atoms with Gasteiger partial charge in [-0.1, -0.05) is 0 Å². The number of hydrogen-bond acceptors (Lipinski definition) is 2. The van der Waals surface area contributed by atoms with Crippen LogP contribution in [0.4, 0.5) is 0 Å². The van der Waals surface area contributed by atoms with E-state index in [2.05, 4.69) is 32.4 Å². The molecule has 1 heterocycles. The molecule has 0 aliphatic carbocycles. The number of guanidine groups is 1. The first-order valence-corrected chi connectivity index (χ1v) is 6.30. The Balaban J connectivity index is 2.74. The van der Waals surface area contributed by atoms with E-state index in [0.717, 1.165) is 17.0 Å². The van der Waals surface area contributed by atoms with Crippen LogP contribution in [-0.2, 0) is 6.54 Å². The minimum absolute atomic E-state index is 0.726. The van der Waals surface area contributed by atoms with E-state index in [1.165, 1.54) is 4.88 Å². The smallest absolute Gasteiger partial charge is 0.195 e. The number of halogens is 1. The summed E-state index contributed by atoms with van der Waals surface area (Å²) < 4.78 is 1.15. The summed E-state index contributed by atoms with van der Waals surface area (Å²) in [7, 11) is 8.01. The Morgan fingerprint density at radius 2 is 1.93 bits per heavy atom. The quantitative estimate of drug-likeness (QED) is 0.615. The fraction of sp³-hybridized carbons (Fsp3) is 0.500. The highest BCUT2D eigenvalue weighted by atomic mass is 79.9. The number of hydrogen-bond donors (Lipinski definition) is 0. The van der Waals surface area contributed by atoms with Gasteiger partial charge in [0.2, 0.25) is 0 Å². The molecule has 0 aliphatic rings. The molecule has 1 aromatic heterocycles. The van der Waals surface area contributed by atoms with E-state index in [-0.39, 0.29) is 0 Å². The van der Waals surface area contributed by atoms with Crippen molar-refractivity contribution < 1.29 is 0 Å². The molecule has 0 unspecified atom stereocenters. The molecule has 0 aliphatic heterocycles. The van der Waals surface area contributed by atoms with E-state index < -0.39 is 0 Å². The summed E-state index contributed by atoms with van der Waals surface area (Å²) >= 11 is 5.23. The average Bonchev–Trinajstić information content (AvgIpc) is 2.51. The van der Waals surface area contributed by atoms with Crippen LogP contribution in [0.5, 0.6) is 0 Å². The molecule has 84 valence electrons. The number of thiophene rings is 1. The molecule has 0 radical (unpaired) electrons. The molecule has 0 saturated heterocycles. The highest BCUT2D eigenvalue weighted by molar-refractivity contribution is 9.10. The van der Waals surface area contributed by atoms with Gasteiger partial charge in [0.1, 0.15) is 0 Å². The van der Waals surface area contributed by atoms with Crippen LogP contribution >= 0.6 is 27.3 Å². The standard InChI is InChI=1S/C10H16BrN3S/c1-13(2)10(14(3)4)12-7-9-8(11)5-6-15-9/h5-6H,7H2,1-4H3. The Bertz CT molecular complexity index is 334. The van der Waals surface area contributed by atoms with Gasteiger partial charge in [-0.25, -0.2) is 4.99 Å². The van der Waals surface area contributed by atoms with Crippen molar-refractivity contribution >= 4 is 33.2 Å². The summed E-state index contributed by atoms with van der Waals surface area (Å²) in [6, 6.07) is 2.06. The molecule has 15 heavy (non-hydrogen) atoms. The molecular weight excluding hydrogens is 274 g/mol. The zero-order valence-corrected chi connectivity index (χ0v) is 11.9. The van der Waals surface area contributed by atoms with Gasteiger partial charge < -0.3 is 9.80 Å². The largest absolute Gasteiger partial charge is 0.349 e. The third-order valence-corrected chi connectivity index (χ3v) is 3.77. The predicted molar refractivity (Wildman–Crippen MR) is 70.5 cm³/mol. The Hall–Kier alpha value is -0.550. The van der Waals surface area contributed by atoms with Crippen molar-refractivity contribution in [3.63, 3.8) is 0 Å². The molecule has 0 N–H and O–H groups in total. The summed E-state index contributed by atoms with van der Waals surface area (Å²) in [5.41, 5.74) is 0. The third kappa shape index (κ3) is 3.50. The molecule has 0 bridgehead atoms. The summed E-state index contributed by atoms with van der Waals surface area (Å²) in [5.74, 6) is 0.982. The second-order valence-corrected chi connectivity index (χ2v) is 5.45. The average molecular weight is 290 g/mol. The first-order valence-electron chi connectivity index (χ1n) is 4.63. The normalized spacial score (nSPS) is 9.93. The van der Waals surface area contributed by atoms with Crippen LogP contribution in [0, 0.1) is 0 Å². The highest BCUT2D eigenvalue weighted by Crippen LogP contribution is 2.23. The molecule has 0 atom stereocenters. The van der Waals surface area contributed by atoms with Gasteiger partial charge in [0, 0.05) is 37.5 Å². The predicted octanol–water partition coefficient (Wildman–Crippen LogP) is 2.49. The molecule has 3 nitrogen and oxygen atoms in total. The van der Waals surface area contributed by atoms with Crippen LogP contribution in [-0.4, -0.2) is 44.0 Å². The second kappa shape index (κ2) is 5.51. The van der Waals surface area contributed by atoms with Crippen molar-refractivity contribution in [1.29, 1.82) is 0 Å². The Kier molecular flexibility index (Phi) is 4.60. The SMILES string of the molecule is CN(C)C(=NCc1sccc1Br)N(C)C. The molecule has 0 fully saturated rings. The van der Waals surface area contributed by atoms with Crippen molar-refractivity contribution in [2.24, 2.45) is 4.99 Å². The summed E-state index contributed by atoms with van der Waals surface area (Å²) in [5, 5.41) is 2.07. The monoisotopic (exact) mass is 289 g/mol. The van der Waals surface area contributed by atoms with Crippen LogP contribution in [0.25, 0.3) is 0 Å². The maximum atomic E-state index is 4.57. The lowest BCUT2D eigenvalue weighted by atomic mass is 10.5. The lowest BCUT2D eigenvalue weighted by Gasteiger charge is -2.22. The molecule has 0 aromatic carbocycles. The van der Waals surface area contributed by atoms with E-state index in [0.29, 0.717) is 0 Å². The maximum absolute atomic E-state index is 4.57. The molecule has 0 spiro atoms. The number of nitrogens with zero attached hydrogens (tertiary/aromatic N) is 3. The third-order valence-electron chi connectivity index (χ3n) is 1.86. The van der Waals surface area contributed by atoms with Crippen molar-refractivity contribution in [2.75, 3.05) is 28.2 Å². The topological polar surface area (TPSA) is 18.8 Å². The van der Waals surface area contributed by atoms with Crippen LogP contribution in [0.3, 0.4) is 0 Å². The molecule has 0 amide bonds.